The van der Waals surface area contributed by atoms with Crippen LogP contribution in [0.15, 0.2) is 60.7 Å². The van der Waals surface area contributed by atoms with Gasteiger partial charge in [-0.15, -0.1) is 0 Å². The van der Waals surface area contributed by atoms with Crippen molar-refractivity contribution in [2.75, 3.05) is 26.2 Å². The predicted octanol–water partition coefficient (Wildman–Crippen LogP) is 4.84. The first-order chi connectivity index (χ1) is 12.7. The molecule has 1 unspecified atom stereocenters. The number of nitrogens with one attached hydrogen (secondary N) is 1. The van der Waals surface area contributed by atoms with Gasteiger partial charge in [0.05, 0.1) is 6.04 Å². The third-order valence-electron chi connectivity index (χ3n) is 5.58. The third kappa shape index (κ3) is 3.40. The lowest BCUT2D eigenvalue weighted by Crippen LogP contribution is -2.33. The van der Waals surface area contributed by atoms with Crippen LogP contribution in [0.25, 0.3) is 10.8 Å². The van der Waals surface area contributed by atoms with E-state index in [0.29, 0.717) is 6.04 Å². The molecular formula is C24H28N2. The predicted molar refractivity (Wildman–Crippen MR) is 111 cm³/mol. The number of aryl methyl sites for hydroxylation is 2. The van der Waals surface area contributed by atoms with Crippen LogP contribution >= 0.6 is 0 Å². The van der Waals surface area contributed by atoms with Crippen molar-refractivity contribution in [3.8, 4) is 0 Å². The number of fused-ring (bicyclic) bond motifs is 1. The maximum absolute atomic E-state index is 3.55. The molecule has 0 spiro atoms. The van der Waals surface area contributed by atoms with E-state index in [4.69, 9.17) is 0 Å². The summed E-state index contributed by atoms with van der Waals surface area (Å²) in [6, 6.07) is 22.8. The second kappa shape index (κ2) is 7.61. The first-order valence-corrected chi connectivity index (χ1v) is 9.73. The molecule has 0 saturated carbocycles. The van der Waals surface area contributed by atoms with Crippen LogP contribution in [-0.2, 0) is 0 Å². The lowest BCUT2D eigenvalue weighted by molar-refractivity contribution is 0.241. The molecule has 1 fully saturated rings. The Morgan fingerprint density at radius 2 is 1.69 bits per heavy atom. The second-order valence-electron chi connectivity index (χ2n) is 7.47. The van der Waals surface area contributed by atoms with Crippen LogP contribution in [0, 0.1) is 13.8 Å². The van der Waals surface area contributed by atoms with E-state index in [2.05, 4.69) is 84.7 Å². The van der Waals surface area contributed by atoms with Gasteiger partial charge in [-0.1, -0.05) is 66.2 Å². The summed E-state index contributed by atoms with van der Waals surface area (Å²) in [7, 11) is 0. The standard InChI is InChI=1S/C24H28N2/c1-18-11-12-21(19(2)17-18)24(26-15-6-13-25-14-16-26)23-10-5-8-20-7-3-4-9-22(20)23/h3-5,7-12,17,24-25H,6,13-16H2,1-2H3. The van der Waals surface area contributed by atoms with Gasteiger partial charge < -0.3 is 5.32 Å². The average Bonchev–Trinajstić information content (AvgIpc) is 2.93. The zero-order chi connectivity index (χ0) is 17.9. The zero-order valence-electron chi connectivity index (χ0n) is 15.8. The number of hydrogen-bond donors (Lipinski definition) is 1. The molecule has 134 valence electrons. The minimum atomic E-state index is 0.307. The van der Waals surface area contributed by atoms with E-state index in [1.165, 1.54) is 39.4 Å². The molecule has 1 N–H and O–H groups in total. The molecule has 0 radical (unpaired) electrons. The molecule has 1 atom stereocenters. The summed E-state index contributed by atoms with van der Waals surface area (Å²) in [4.78, 5) is 2.67. The molecule has 26 heavy (non-hydrogen) atoms. The Labute approximate surface area is 156 Å². The number of nitrogens with zero attached hydrogens (tertiary/aromatic N) is 1. The van der Waals surface area contributed by atoms with Gasteiger partial charge in [0.2, 0.25) is 0 Å². The van der Waals surface area contributed by atoms with E-state index >= 15 is 0 Å². The third-order valence-corrected chi connectivity index (χ3v) is 5.58. The summed E-state index contributed by atoms with van der Waals surface area (Å²) in [5.41, 5.74) is 5.59. The fourth-order valence-electron chi connectivity index (χ4n) is 4.31. The summed E-state index contributed by atoms with van der Waals surface area (Å²) in [5.74, 6) is 0. The molecule has 1 aliphatic rings. The molecule has 3 aromatic rings. The summed E-state index contributed by atoms with van der Waals surface area (Å²) < 4.78 is 0. The normalized spacial score (nSPS) is 17.2. The molecule has 3 aromatic carbocycles. The topological polar surface area (TPSA) is 15.3 Å². The van der Waals surface area contributed by atoms with E-state index in [-0.39, 0.29) is 0 Å². The maximum atomic E-state index is 3.55. The molecule has 0 bridgehead atoms. The van der Waals surface area contributed by atoms with Gasteiger partial charge in [-0.25, -0.2) is 0 Å². The van der Waals surface area contributed by atoms with Crippen molar-refractivity contribution < 1.29 is 0 Å². The van der Waals surface area contributed by atoms with E-state index in [0.717, 1.165) is 26.2 Å². The maximum Gasteiger partial charge on any atom is 0.0610 e. The van der Waals surface area contributed by atoms with Gasteiger partial charge in [-0.2, -0.15) is 0 Å². The van der Waals surface area contributed by atoms with Gasteiger partial charge in [0.1, 0.15) is 0 Å². The van der Waals surface area contributed by atoms with Crippen molar-refractivity contribution in [2.24, 2.45) is 0 Å². The summed E-state index contributed by atoms with van der Waals surface area (Å²) in [6.07, 6.45) is 1.20. The monoisotopic (exact) mass is 344 g/mol. The fourth-order valence-corrected chi connectivity index (χ4v) is 4.31. The van der Waals surface area contributed by atoms with Gasteiger partial charge in [-0.3, -0.25) is 4.90 Å². The van der Waals surface area contributed by atoms with E-state index in [1.807, 2.05) is 0 Å². The molecule has 0 aromatic heterocycles. The molecule has 0 aliphatic carbocycles. The fraction of sp³-hybridized carbons (Fsp3) is 0.333. The van der Waals surface area contributed by atoms with Crippen molar-refractivity contribution in [3.05, 3.63) is 82.9 Å². The van der Waals surface area contributed by atoms with Crippen molar-refractivity contribution in [2.45, 2.75) is 26.3 Å². The van der Waals surface area contributed by atoms with Crippen LogP contribution in [0.2, 0.25) is 0 Å². The Kier molecular flexibility index (Phi) is 5.05. The molecular weight excluding hydrogens is 316 g/mol. The summed E-state index contributed by atoms with van der Waals surface area (Å²) in [6.45, 7) is 8.84. The highest BCUT2D eigenvalue weighted by molar-refractivity contribution is 5.86. The Hall–Kier alpha value is -2.16. The first-order valence-electron chi connectivity index (χ1n) is 9.73. The Balaban J connectivity index is 1.89. The van der Waals surface area contributed by atoms with E-state index in [9.17, 15) is 0 Å². The van der Waals surface area contributed by atoms with Crippen LogP contribution in [0.4, 0.5) is 0 Å². The largest absolute Gasteiger partial charge is 0.315 e. The van der Waals surface area contributed by atoms with Gasteiger partial charge in [0, 0.05) is 19.6 Å². The van der Waals surface area contributed by atoms with Crippen LogP contribution < -0.4 is 5.32 Å². The minimum absolute atomic E-state index is 0.307. The molecule has 2 heteroatoms. The zero-order valence-corrected chi connectivity index (χ0v) is 15.8. The number of hydrogen-bond acceptors (Lipinski definition) is 2. The SMILES string of the molecule is Cc1ccc(C(c2cccc3ccccc23)N2CCCNCC2)c(C)c1. The van der Waals surface area contributed by atoms with Crippen LogP contribution in [0.5, 0.6) is 0 Å². The lowest BCUT2D eigenvalue weighted by atomic mass is 9.89. The van der Waals surface area contributed by atoms with Gasteiger partial charge in [-0.05, 0) is 54.3 Å². The van der Waals surface area contributed by atoms with Crippen molar-refractivity contribution in [1.82, 2.24) is 10.2 Å². The van der Waals surface area contributed by atoms with Gasteiger partial charge in [0.15, 0.2) is 0 Å². The van der Waals surface area contributed by atoms with Crippen molar-refractivity contribution in [3.63, 3.8) is 0 Å². The highest BCUT2D eigenvalue weighted by Crippen LogP contribution is 2.35. The lowest BCUT2D eigenvalue weighted by Gasteiger charge is -2.33. The highest BCUT2D eigenvalue weighted by Gasteiger charge is 2.25. The van der Waals surface area contributed by atoms with Gasteiger partial charge >= 0.3 is 0 Å². The first kappa shape index (κ1) is 17.3. The minimum Gasteiger partial charge on any atom is -0.315 e. The Morgan fingerprint density at radius 1 is 0.846 bits per heavy atom. The quantitative estimate of drug-likeness (QED) is 0.731. The Morgan fingerprint density at radius 3 is 2.58 bits per heavy atom. The van der Waals surface area contributed by atoms with Crippen LogP contribution in [-0.4, -0.2) is 31.1 Å². The Bertz CT molecular complexity index is 886. The smallest absolute Gasteiger partial charge is 0.0610 e. The number of rotatable bonds is 3. The van der Waals surface area contributed by atoms with Crippen molar-refractivity contribution in [1.29, 1.82) is 0 Å². The van der Waals surface area contributed by atoms with Crippen LogP contribution in [0.1, 0.15) is 34.7 Å². The van der Waals surface area contributed by atoms with E-state index < -0.39 is 0 Å². The van der Waals surface area contributed by atoms with Crippen molar-refractivity contribution >= 4 is 10.8 Å². The second-order valence-corrected chi connectivity index (χ2v) is 7.47. The molecule has 1 heterocycles. The van der Waals surface area contributed by atoms with Gasteiger partial charge in [0.25, 0.3) is 0 Å². The van der Waals surface area contributed by atoms with Crippen LogP contribution in [0.3, 0.4) is 0 Å². The van der Waals surface area contributed by atoms with E-state index in [1.54, 1.807) is 0 Å². The molecule has 2 nitrogen and oxygen atoms in total. The molecule has 0 amide bonds. The number of benzene rings is 3. The molecule has 1 aliphatic heterocycles. The average molecular weight is 345 g/mol. The molecule has 4 rings (SSSR count). The highest BCUT2D eigenvalue weighted by atomic mass is 15.2. The molecule has 1 saturated heterocycles. The summed E-state index contributed by atoms with van der Waals surface area (Å²) in [5, 5.41) is 6.25. The summed E-state index contributed by atoms with van der Waals surface area (Å²) >= 11 is 0.